The van der Waals surface area contributed by atoms with Gasteiger partial charge in [0.05, 0.1) is 18.4 Å². The number of anilines is 1. The monoisotopic (exact) mass is 334 g/mol. The van der Waals surface area contributed by atoms with Gasteiger partial charge in [0, 0.05) is 13.1 Å². The van der Waals surface area contributed by atoms with E-state index in [1.807, 2.05) is 0 Å². The molecule has 0 spiro atoms. The van der Waals surface area contributed by atoms with Gasteiger partial charge in [-0.1, -0.05) is 30.3 Å². The largest absolute Gasteiger partial charge is 0.465 e. The number of nitrogens with zero attached hydrogens (tertiary/aromatic N) is 1. The fraction of sp³-hybridized carbons (Fsp3) is 0.188. The lowest BCUT2D eigenvalue weighted by atomic mass is 10.2. The third-order valence-electron chi connectivity index (χ3n) is 3.24. The summed E-state index contributed by atoms with van der Waals surface area (Å²) in [5, 5.41) is 0. The Morgan fingerprint density at radius 1 is 1.09 bits per heavy atom. The highest BCUT2D eigenvalue weighted by Gasteiger charge is 2.29. The molecule has 0 amide bonds. The van der Waals surface area contributed by atoms with Crippen LogP contribution in [0.5, 0.6) is 0 Å². The van der Waals surface area contributed by atoms with Gasteiger partial charge >= 0.3 is 5.97 Å². The van der Waals surface area contributed by atoms with E-state index >= 15 is 0 Å². The average molecular weight is 334 g/mol. The lowest BCUT2D eigenvalue weighted by Crippen LogP contribution is -2.36. The summed E-state index contributed by atoms with van der Waals surface area (Å²) in [4.78, 5) is 11.8. The second-order valence-corrected chi connectivity index (χ2v) is 6.52. The van der Waals surface area contributed by atoms with Crippen LogP contribution in [-0.4, -0.2) is 34.6 Å². The molecule has 0 bridgehead atoms. The summed E-state index contributed by atoms with van der Waals surface area (Å²) >= 11 is 0. The lowest BCUT2D eigenvalue weighted by Gasteiger charge is -2.24. The first-order chi connectivity index (χ1) is 11.0. The summed E-state index contributed by atoms with van der Waals surface area (Å²) in [6.45, 7) is 0.246. The van der Waals surface area contributed by atoms with E-state index in [0.717, 1.165) is 0 Å². The molecule has 0 aliphatic heterocycles. The maximum atomic E-state index is 13.0. The lowest BCUT2D eigenvalue weighted by molar-refractivity contribution is 0.0596. The van der Waals surface area contributed by atoms with Crippen LogP contribution in [0, 0.1) is 0 Å². The summed E-state index contributed by atoms with van der Waals surface area (Å²) in [6.07, 6.45) is 0. The minimum atomic E-state index is -3.95. The van der Waals surface area contributed by atoms with Crippen LogP contribution in [0.2, 0.25) is 0 Å². The van der Waals surface area contributed by atoms with E-state index in [1.165, 1.54) is 23.5 Å². The maximum Gasteiger partial charge on any atom is 0.339 e. The van der Waals surface area contributed by atoms with Gasteiger partial charge in [-0.3, -0.25) is 4.31 Å². The van der Waals surface area contributed by atoms with Crippen molar-refractivity contribution in [2.45, 2.75) is 4.90 Å². The zero-order chi connectivity index (χ0) is 16.9. The second kappa shape index (κ2) is 7.26. The Balaban J connectivity index is 2.58. The third-order valence-corrected chi connectivity index (χ3v) is 5.12. The molecule has 0 saturated carbocycles. The number of sulfonamides is 1. The number of benzene rings is 2. The SMILES string of the molecule is COC(=O)c1ccccc1S(=O)(=O)N(CCN)c1ccccc1. The van der Waals surface area contributed by atoms with E-state index < -0.39 is 16.0 Å². The molecule has 2 aromatic rings. The minimum absolute atomic E-state index is 0.00653. The highest BCUT2D eigenvalue weighted by atomic mass is 32.2. The van der Waals surface area contributed by atoms with Crippen LogP contribution in [0.1, 0.15) is 10.4 Å². The zero-order valence-corrected chi connectivity index (χ0v) is 13.5. The Kier molecular flexibility index (Phi) is 5.36. The van der Waals surface area contributed by atoms with Crippen LogP contribution in [0.3, 0.4) is 0 Å². The topological polar surface area (TPSA) is 89.7 Å². The van der Waals surface area contributed by atoms with Crippen LogP contribution in [0.25, 0.3) is 0 Å². The van der Waals surface area contributed by atoms with Crippen molar-refractivity contribution in [3.63, 3.8) is 0 Å². The Labute approximate surface area is 135 Å². The van der Waals surface area contributed by atoms with E-state index in [9.17, 15) is 13.2 Å². The Bertz CT molecular complexity index is 776. The molecule has 6 nitrogen and oxygen atoms in total. The van der Waals surface area contributed by atoms with Gasteiger partial charge in [-0.05, 0) is 24.3 Å². The van der Waals surface area contributed by atoms with Crippen molar-refractivity contribution in [3.05, 3.63) is 60.2 Å². The third kappa shape index (κ3) is 3.52. The molecule has 0 saturated heterocycles. The van der Waals surface area contributed by atoms with Crippen molar-refractivity contribution < 1.29 is 17.9 Å². The van der Waals surface area contributed by atoms with Crippen molar-refractivity contribution in [1.82, 2.24) is 0 Å². The number of carbonyl (C=O) groups is 1. The fourth-order valence-corrected chi connectivity index (χ4v) is 3.85. The zero-order valence-electron chi connectivity index (χ0n) is 12.7. The van der Waals surface area contributed by atoms with Gasteiger partial charge in [-0.25, -0.2) is 13.2 Å². The molecule has 0 radical (unpaired) electrons. The fourth-order valence-electron chi connectivity index (χ4n) is 2.19. The smallest absolute Gasteiger partial charge is 0.339 e. The van der Waals surface area contributed by atoms with E-state index in [2.05, 4.69) is 4.74 Å². The predicted molar refractivity (Wildman–Crippen MR) is 87.8 cm³/mol. The molecule has 0 aliphatic carbocycles. The average Bonchev–Trinajstić information content (AvgIpc) is 2.59. The number of ether oxygens (including phenoxy) is 1. The first kappa shape index (κ1) is 17.0. The Morgan fingerprint density at radius 3 is 2.30 bits per heavy atom. The second-order valence-electron chi connectivity index (χ2n) is 4.69. The van der Waals surface area contributed by atoms with Crippen molar-refractivity contribution in [3.8, 4) is 0 Å². The van der Waals surface area contributed by atoms with Gasteiger partial charge < -0.3 is 10.5 Å². The van der Waals surface area contributed by atoms with E-state index in [0.29, 0.717) is 5.69 Å². The molecule has 23 heavy (non-hydrogen) atoms. The maximum absolute atomic E-state index is 13.0. The minimum Gasteiger partial charge on any atom is -0.465 e. The van der Waals surface area contributed by atoms with Gasteiger partial charge in [0.15, 0.2) is 0 Å². The molecule has 0 fully saturated rings. The van der Waals surface area contributed by atoms with Crippen molar-refractivity contribution >= 4 is 21.7 Å². The van der Waals surface area contributed by atoms with Crippen LogP contribution in [-0.2, 0) is 14.8 Å². The normalized spacial score (nSPS) is 11.0. The standard InChI is InChI=1S/C16H18N2O4S/c1-22-16(19)14-9-5-6-10-15(14)23(20,21)18(12-11-17)13-7-3-2-4-8-13/h2-10H,11-12,17H2,1H3. The molecular formula is C16H18N2O4S. The number of esters is 1. The van der Waals surface area contributed by atoms with Crippen molar-refractivity contribution in [2.75, 3.05) is 24.5 Å². The molecule has 0 aromatic heterocycles. The van der Waals surface area contributed by atoms with Gasteiger partial charge in [0.2, 0.25) is 0 Å². The first-order valence-electron chi connectivity index (χ1n) is 6.97. The van der Waals surface area contributed by atoms with Gasteiger partial charge in [-0.2, -0.15) is 0 Å². The molecular weight excluding hydrogens is 316 g/mol. The Morgan fingerprint density at radius 2 is 1.70 bits per heavy atom. The summed E-state index contributed by atoms with van der Waals surface area (Å²) in [5.74, 6) is -0.704. The highest BCUT2D eigenvalue weighted by molar-refractivity contribution is 7.93. The van der Waals surface area contributed by atoms with E-state index in [1.54, 1.807) is 42.5 Å². The number of hydrogen-bond acceptors (Lipinski definition) is 5. The summed E-state index contributed by atoms with van der Waals surface area (Å²) in [6, 6.07) is 14.6. The number of hydrogen-bond donors (Lipinski definition) is 1. The molecule has 2 aromatic carbocycles. The van der Waals surface area contributed by atoms with Crippen LogP contribution >= 0.6 is 0 Å². The quantitative estimate of drug-likeness (QED) is 0.811. The molecule has 7 heteroatoms. The predicted octanol–water partition coefficient (Wildman–Crippen LogP) is 1.63. The van der Waals surface area contributed by atoms with Crippen LogP contribution in [0.4, 0.5) is 5.69 Å². The highest BCUT2D eigenvalue weighted by Crippen LogP contribution is 2.25. The Hall–Kier alpha value is -2.38. The number of carbonyl (C=O) groups excluding carboxylic acids is 1. The summed E-state index contributed by atoms with van der Waals surface area (Å²) in [5.41, 5.74) is 6.05. The summed E-state index contributed by atoms with van der Waals surface area (Å²) in [7, 11) is -2.74. The number of methoxy groups -OCH3 is 1. The molecule has 0 atom stereocenters. The number of para-hydroxylation sites is 1. The van der Waals surface area contributed by atoms with Crippen LogP contribution < -0.4 is 10.0 Å². The molecule has 122 valence electrons. The van der Waals surface area contributed by atoms with Crippen molar-refractivity contribution in [1.29, 1.82) is 0 Å². The molecule has 0 aliphatic rings. The number of nitrogens with two attached hydrogens (primary N) is 1. The van der Waals surface area contributed by atoms with Gasteiger partial charge in [-0.15, -0.1) is 0 Å². The number of rotatable bonds is 6. The van der Waals surface area contributed by atoms with Crippen molar-refractivity contribution in [2.24, 2.45) is 5.73 Å². The van der Waals surface area contributed by atoms with E-state index in [-0.39, 0.29) is 23.5 Å². The van der Waals surface area contributed by atoms with Crippen LogP contribution in [0.15, 0.2) is 59.5 Å². The van der Waals surface area contributed by atoms with E-state index in [4.69, 9.17) is 5.73 Å². The first-order valence-corrected chi connectivity index (χ1v) is 8.41. The molecule has 2 N–H and O–H groups in total. The molecule has 0 heterocycles. The molecule has 2 rings (SSSR count). The van der Waals surface area contributed by atoms with Gasteiger partial charge in [0.1, 0.15) is 4.90 Å². The van der Waals surface area contributed by atoms with Gasteiger partial charge in [0.25, 0.3) is 10.0 Å². The molecule has 0 unspecified atom stereocenters. The summed E-state index contributed by atoms with van der Waals surface area (Å²) < 4.78 is 31.9.